The minimum absolute atomic E-state index is 0.107. The third-order valence-electron chi connectivity index (χ3n) is 8.02. The number of halogens is 1. The molecule has 4 rings (SSSR count). The average molecular weight is 369 g/mol. The smallest absolute Gasteiger partial charge is 0.0596 e. The fourth-order valence-corrected chi connectivity index (χ4v) is 7.61. The van der Waals surface area contributed by atoms with Crippen LogP contribution in [0.5, 0.6) is 0 Å². The Bertz CT molecular complexity index is 504. The van der Waals surface area contributed by atoms with Gasteiger partial charge < -0.3 is 10.2 Å². The van der Waals surface area contributed by atoms with Crippen LogP contribution in [0.4, 0.5) is 0 Å². The van der Waals surface area contributed by atoms with Gasteiger partial charge in [0.1, 0.15) is 0 Å². The highest BCUT2D eigenvalue weighted by atomic mass is 79.9. The first kappa shape index (κ1) is 15.7. The van der Waals surface area contributed by atoms with E-state index in [0.29, 0.717) is 22.6 Å². The molecule has 0 heterocycles. The van der Waals surface area contributed by atoms with Crippen molar-refractivity contribution in [3.05, 3.63) is 11.6 Å². The standard InChI is InChI=1S/C19H29BrO2/c1-18-7-5-12(21)9-11(18)10-15(20)17-13-3-4-16(22)19(13,2)8-6-14(17)18/h10,12-17,21-22H,3-9H2,1-2H3/t12-,13-,14-,15?,16-,17-,18-,19-/m0/s1. The highest BCUT2D eigenvalue weighted by Gasteiger charge is 2.60. The molecule has 1 unspecified atom stereocenters. The first-order chi connectivity index (χ1) is 10.4. The molecule has 0 aliphatic heterocycles. The molecular weight excluding hydrogens is 340 g/mol. The summed E-state index contributed by atoms with van der Waals surface area (Å²) >= 11 is 3.98. The van der Waals surface area contributed by atoms with Crippen LogP contribution in [0, 0.1) is 28.6 Å². The molecule has 0 amide bonds. The number of hydrogen-bond donors (Lipinski definition) is 2. The van der Waals surface area contributed by atoms with E-state index in [9.17, 15) is 10.2 Å². The third-order valence-corrected chi connectivity index (χ3v) is 8.89. The number of aliphatic hydroxyl groups is 2. The normalized spacial score (nSPS) is 57.6. The lowest BCUT2D eigenvalue weighted by Gasteiger charge is -2.58. The summed E-state index contributed by atoms with van der Waals surface area (Å²) in [5.74, 6) is 2.01. The average Bonchev–Trinajstić information content (AvgIpc) is 2.77. The monoisotopic (exact) mass is 368 g/mol. The SMILES string of the molecule is C[C@]12CC[C@H]3[C@@H](C(Br)C=C4C[C@@H](O)CC[C@@]43C)[C@@H]1CC[C@@H]2O. The predicted octanol–water partition coefficient (Wildman–Crippen LogP) is 4.04. The summed E-state index contributed by atoms with van der Waals surface area (Å²) in [5.41, 5.74) is 1.91. The van der Waals surface area contributed by atoms with Crippen LogP contribution in [-0.4, -0.2) is 27.2 Å². The Morgan fingerprint density at radius 2 is 1.82 bits per heavy atom. The van der Waals surface area contributed by atoms with Crippen LogP contribution in [0.3, 0.4) is 0 Å². The van der Waals surface area contributed by atoms with Crippen molar-refractivity contribution < 1.29 is 10.2 Å². The molecule has 0 aromatic carbocycles. The molecule has 0 spiro atoms. The molecule has 3 heteroatoms. The molecule has 124 valence electrons. The van der Waals surface area contributed by atoms with Gasteiger partial charge >= 0.3 is 0 Å². The van der Waals surface area contributed by atoms with Crippen molar-refractivity contribution in [3.8, 4) is 0 Å². The maximum Gasteiger partial charge on any atom is 0.0596 e. The largest absolute Gasteiger partial charge is 0.393 e. The van der Waals surface area contributed by atoms with E-state index in [2.05, 4.69) is 35.9 Å². The number of alkyl halides is 1. The second kappa shape index (κ2) is 5.07. The summed E-state index contributed by atoms with van der Waals surface area (Å²) < 4.78 is 0. The number of aliphatic hydroxyl groups excluding tert-OH is 2. The van der Waals surface area contributed by atoms with Gasteiger partial charge in [0.05, 0.1) is 12.2 Å². The molecule has 8 atom stereocenters. The first-order valence-electron chi connectivity index (χ1n) is 9.07. The zero-order valence-corrected chi connectivity index (χ0v) is 15.3. The van der Waals surface area contributed by atoms with E-state index >= 15 is 0 Å². The summed E-state index contributed by atoms with van der Waals surface area (Å²) in [7, 11) is 0. The molecule has 4 aliphatic rings. The molecule has 3 fully saturated rings. The lowest BCUT2D eigenvalue weighted by molar-refractivity contribution is -0.0687. The zero-order chi connectivity index (χ0) is 15.7. The van der Waals surface area contributed by atoms with Crippen LogP contribution in [0.2, 0.25) is 0 Å². The van der Waals surface area contributed by atoms with E-state index in [1.165, 1.54) is 24.8 Å². The van der Waals surface area contributed by atoms with Crippen molar-refractivity contribution in [2.24, 2.45) is 28.6 Å². The van der Waals surface area contributed by atoms with Gasteiger partial charge in [0.15, 0.2) is 0 Å². The van der Waals surface area contributed by atoms with E-state index in [4.69, 9.17) is 0 Å². The first-order valence-corrected chi connectivity index (χ1v) is 9.99. The van der Waals surface area contributed by atoms with E-state index in [-0.39, 0.29) is 23.0 Å². The molecule has 2 nitrogen and oxygen atoms in total. The van der Waals surface area contributed by atoms with Crippen molar-refractivity contribution in [2.75, 3.05) is 0 Å². The Kier molecular flexibility index (Phi) is 3.61. The Labute approximate surface area is 142 Å². The second-order valence-electron chi connectivity index (χ2n) is 8.88. The summed E-state index contributed by atoms with van der Waals surface area (Å²) in [6, 6.07) is 0. The van der Waals surface area contributed by atoms with Gasteiger partial charge in [0, 0.05) is 4.83 Å². The Balaban J connectivity index is 1.73. The van der Waals surface area contributed by atoms with Gasteiger partial charge in [-0.15, -0.1) is 0 Å². The summed E-state index contributed by atoms with van der Waals surface area (Å²) in [4.78, 5) is 0.417. The predicted molar refractivity (Wildman–Crippen MR) is 91.8 cm³/mol. The lowest BCUT2D eigenvalue weighted by atomic mass is 9.48. The van der Waals surface area contributed by atoms with Crippen molar-refractivity contribution in [3.63, 3.8) is 0 Å². The lowest BCUT2D eigenvalue weighted by Crippen LogP contribution is -2.54. The van der Waals surface area contributed by atoms with Gasteiger partial charge in [-0.05, 0) is 73.5 Å². The maximum atomic E-state index is 10.5. The van der Waals surface area contributed by atoms with Crippen molar-refractivity contribution in [1.82, 2.24) is 0 Å². The van der Waals surface area contributed by atoms with Crippen molar-refractivity contribution in [2.45, 2.75) is 75.8 Å². The zero-order valence-electron chi connectivity index (χ0n) is 13.8. The number of rotatable bonds is 0. The number of fused-ring (bicyclic) bond motifs is 5. The summed E-state index contributed by atoms with van der Waals surface area (Å²) in [6.45, 7) is 4.78. The fourth-order valence-electron chi connectivity index (χ4n) is 6.56. The number of allylic oxidation sites excluding steroid dienone is 1. The second-order valence-corrected chi connectivity index (χ2v) is 9.94. The van der Waals surface area contributed by atoms with Crippen LogP contribution in [0.1, 0.15) is 58.8 Å². The minimum Gasteiger partial charge on any atom is -0.393 e. The molecule has 2 N–H and O–H groups in total. The minimum atomic E-state index is -0.141. The van der Waals surface area contributed by atoms with Gasteiger partial charge in [-0.2, -0.15) is 0 Å². The molecule has 4 aliphatic carbocycles. The Hall–Kier alpha value is 0.140. The van der Waals surface area contributed by atoms with Crippen LogP contribution in [0.25, 0.3) is 0 Å². The van der Waals surface area contributed by atoms with Crippen LogP contribution in [-0.2, 0) is 0 Å². The Morgan fingerprint density at radius 3 is 2.59 bits per heavy atom. The summed E-state index contributed by atoms with van der Waals surface area (Å²) in [5, 5.41) is 20.6. The van der Waals surface area contributed by atoms with Gasteiger partial charge in [-0.1, -0.05) is 41.4 Å². The van der Waals surface area contributed by atoms with Gasteiger partial charge in [-0.25, -0.2) is 0 Å². The Morgan fingerprint density at radius 1 is 1.05 bits per heavy atom. The van der Waals surface area contributed by atoms with Crippen molar-refractivity contribution >= 4 is 15.9 Å². The van der Waals surface area contributed by atoms with Crippen LogP contribution < -0.4 is 0 Å². The van der Waals surface area contributed by atoms with Crippen LogP contribution in [0.15, 0.2) is 11.6 Å². The van der Waals surface area contributed by atoms with E-state index in [0.717, 1.165) is 25.7 Å². The molecule has 0 saturated heterocycles. The van der Waals surface area contributed by atoms with E-state index in [1.807, 2.05) is 0 Å². The van der Waals surface area contributed by atoms with E-state index < -0.39 is 0 Å². The fraction of sp³-hybridized carbons (Fsp3) is 0.895. The molecular formula is C19H29BrO2. The highest BCUT2D eigenvalue weighted by Crippen LogP contribution is 2.65. The summed E-state index contributed by atoms with van der Waals surface area (Å²) in [6.07, 6.45) is 9.71. The van der Waals surface area contributed by atoms with Crippen molar-refractivity contribution in [1.29, 1.82) is 0 Å². The van der Waals surface area contributed by atoms with Gasteiger partial charge in [0.25, 0.3) is 0 Å². The number of hydrogen-bond acceptors (Lipinski definition) is 2. The van der Waals surface area contributed by atoms with E-state index in [1.54, 1.807) is 0 Å². The third kappa shape index (κ3) is 1.97. The molecule has 0 aromatic rings. The van der Waals surface area contributed by atoms with Gasteiger partial charge in [-0.3, -0.25) is 0 Å². The maximum absolute atomic E-state index is 10.5. The molecule has 0 bridgehead atoms. The molecule has 3 saturated carbocycles. The molecule has 22 heavy (non-hydrogen) atoms. The van der Waals surface area contributed by atoms with Crippen LogP contribution >= 0.6 is 15.9 Å². The highest BCUT2D eigenvalue weighted by molar-refractivity contribution is 9.09. The quantitative estimate of drug-likeness (QED) is 0.500. The molecule has 0 aromatic heterocycles. The topological polar surface area (TPSA) is 40.5 Å². The molecule has 0 radical (unpaired) electrons. The van der Waals surface area contributed by atoms with Gasteiger partial charge in [0.2, 0.25) is 0 Å².